The van der Waals surface area contributed by atoms with Crippen LogP contribution in [0.3, 0.4) is 0 Å². The maximum Gasteiger partial charge on any atom is 0.139 e. The molecule has 2 aliphatic heterocycles. The second-order valence-corrected chi connectivity index (χ2v) is 6.94. The third-order valence-electron chi connectivity index (χ3n) is 5.02. The van der Waals surface area contributed by atoms with Crippen molar-refractivity contribution in [3.8, 4) is 0 Å². The summed E-state index contributed by atoms with van der Waals surface area (Å²) in [4.78, 5) is 2.20. The zero-order chi connectivity index (χ0) is 16.7. The normalized spacial score (nSPS) is 29.8. The molecule has 0 spiro atoms. The van der Waals surface area contributed by atoms with Gasteiger partial charge in [0.1, 0.15) is 12.5 Å². The summed E-state index contributed by atoms with van der Waals surface area (Å²) >= 11 is 0. The summed E-state index contributed by atoms with van der Waals surface area (Å²) < 4.78 is 12.2. The van der Waals surface area contributed by atoms with E-state index >= 15 is 0 Å². The molecule has 0 aliphatic carbocycles. The predicted molar refractivity (Wildman–Crippen MR) is 91.4 cm³/mol. The fraction of sp³-hybridized carbons (Fsp3) is 0.400. The van der Waals surface area contributed by atoms with Crippen LogP contribution in [0, 0.1) is 13.8 Å². The lowest BCUT2D eigenvalue weighted by molar-refractivity contribution is -0.0630. The summed E-state index contributed by atoms with van der Waals surface area (Å²) in [7, 11) is 0. The van der Waals surface area contributed by atoms with Crippen LogP contribution in [-0.2, 0) is 9.47 Å². The fourth-order valence-corrected chi connectivity index (χ4v) is 3.77. The summed E-state index contributed by atoms with van der Waals surface area (Å²) in [6.07, 6.45) is -0.407. The van der Waals surface area contributed by atoms with E-state index in [-0.39, 0.29) is 19.1 Å². The zero-order valence-corrected chi connectivity index (χ0v) is 14.1. The van der Waals surface area contributed by atoms with Crippen molar-refractivity contribution in [3.63, 3.8) is 0 Å². The van der Waals surface area contributed by atoms with Crippen LogP contribution < -0.4 is 0 Å². The Morgan fingerprint density at radius 2 is 1.46 bits per heavy atom. The van der Waals surface area contributed by atoms with Crippen LogP contribution >= 0.6 is 0 Å². The van der Waals surface area contributed by atoms with Crippen molar-refractivity contribution < 1.29 is 14.6 Å². The number of aliphatic hydroxyl groups is 1. The van der Waals surface area contributed by atoms with E-state index in [1.165, 1.54) is 11.1 Å². The van der Waals surface area contributed by atoms with E-state index in [2.05, 4.69) is 55.1 Å². The molecule has 2 fully saturated rings. The number of nitrogens with zero attached hydrogens (tertiary/aromatic N) is 1. The molecule has 24 heavy (non-hydrogen) atoms. The Bertz CT molecular complexity index is 688. The van der Waals surface area contributed by atoms with Crippen molar-refractivity contribution in [1.29, 1.82) is 0 Å². The minimum atomic E-state index is -0.469. The topological polar surface area (TPSA) is 41.9 Å². The van der Waals surface area contributed by atoms with Gasteiger partial charge in [-0.05, 0) is 25.0 Å². The highest BCUT2D eigenvalue weighted by Crippen LogP contribution is 2.48. The molecule has 2 heterocycles. The Balaban J connectivity index is 1.75. The van der Waals surface area contributed by atoms with Crippen molar-refractivity contribution in [2.75, 3.05) is 19.8 Å². The van der Waals surface area contributed by atoms with E-state index < -0.39 is 5.54 Å². The van der Waals surface area contributed by atoms with Gasteiger partial charge in [0.15, 0.2) is 0 Å². The lowest BCUT2D eigenvalue weighted by Gasteiger charge is -2.33. The molecule has 0 amide bonds. The van der Waals surface area contributed by atoms with Gasteiger partial charge in [0.2, 0.25) is 0 Å². The second kappa shape index (κ2) is 5.97. The first-order valence-electron chi connectivity index (χ1n) is 8.39. The highest BCUT2D eigenvalue weighted by molar-refractivity contribution is 5.29. The smallest absolute Gasteiger partial charge is 0.139 e. The first-order chi connectivity index (χ1) is 11.6. The average molecular weight is 325 g/mol. The van der Waals surface area contributed by atoms with Gasteiger partial charge in [0.25, 0.3) is 0 Å². The maximum atomic E-state index is 10.1. The first-order valence-corrected chi connectivity index (χ1v) is 8.39. The molecular formula is C20H23NO3. The van der Waals surface area contributed by atoms with Crippen LogP contribution in [0.15, 0.2) is 48.5 Å². The van der Waals surface area contributed by atoms with Crippen molar-refractivity contribution in [2.24, 2.45) is 0 Å². The second-order valence-electron chi connectivity index (χ2n) is 6.94. The molecule has 1 N–H and O–H groups in total. The van der Waals surface area contributed by atoms with Gasteiger partial charge in [-0.3, -0.25) is 0 Å². The monoisotopic (exact) mass is 325 g/mol. The Labute approximate surface area is 142 Å². The number of hydrogen-bond donors (Lipinski definition) is 1. The molecule has 0 saturated carbocycles. The number of rotatable bonds is 3. The van der Waals surface area contributed by atoms with E-state index in [1.54, 1.807) is 0 Å². The van der Waals surface area contributed by atoms with Crippen LogP contribution in [0.4, 0.5) is 0 Å². The average Bonchev–Trinajstić information content (AvgIpc) is 3.12. The van der Waals surface area contributed by atoms with Crippen molar-refractivity contribution in [1.82, 2.24) is 4.90 Å². The molecule has 4 nitrogen and oxygen atoms in total. The van der Waals surface area contributed by atoms with Crippen LogP contribution in [0.2, 0.25) is 0 Å². The highest BCUT2D eigenvalue weighted by atomic mass is 16.6. The summed E-state index contributed by atoms with van der Waals surface area (Å²) in [6.45, 7) is 5.14. The molecule has 4 heteroatoms. The summed E-state index contributed by atoms with van der Waals surface area (Å²) in [6, 6.07) is 16.7. The van der Waals surface area contributed by atoms with Crippen LogP contribution in [-0.4, -0.2) is 35.4 Å². The standard InChI is InChI=1S/C20H23NO3/c1-14-5-3-7-16(9-14)18-21-19(17-8-4-6-15(2)10-17)24-13-20(21,11-22)12-23-18/h3-10,18-19,22H,11-13H2,1-2H3. The minimum Gasteiger partial charge on any atom is -0.394 e. The van der Waals surface area contributed by atoms with Gasteiger partial charge in [-0.1, -0.05) is 59.7 Å². The molecule has 2 aromatic carbocycles. The summed E-state index contributed by atoms with van der Waals surface area (Å²) in [5, 5.41) is 10.1. The summed E-state index contributed by atoms with van der Waals surface area (Å²) in [5.41, 5.74) is 4.14. The van der Waals surface area contributed by atoms with E-state index in [1.807, 2.05) is 12.1 Å². The SMILES string of the molecule is Cc1cccc(C2OCC3(CO)COC(c4cccc(C)c4)N23)c1. The van der Waals surface area contributed by atoms with Crippen molar-refractivity contribution in [3.05, 3.63) is 70.8 Å². The van der Waals surface area contributed by atoms with E-state index in [9.17, 15) is 5.11 Å². The van der Waals surface area contributed by atoms with Gasteiger partial charge in [0.05, 0.1) is 25.4 Å². The number of ether oxygens (including phenoxy) is 2. The lowest BCUT2D eigenvalue weighted by Crippen LogP contribution is -2.47. The molecule has 0 radical (unpaired) electrons. The van der Waals surface area contributed by atoms with Crippen LogP contribution in [0.25, 0.3) is 0 Å². The summed E-state index contributed by atoms with van der Waals surface area (Å²) in [5.74, 6) is 0. The van der Waals surface area contributed by atoms with Crippen molar-refractivity contribution >= 4 is 0 Å². The quantitative estimate of drug-likeness (QED) is 0.942. The molecule has 126 valence electrons. The maximum absolute atomic E-state index is 10.1. The molecular weight excluding hydrogens is 302 g/mol. The Hall–Kier alpha value is -1.72. The predicted octanol–water partition coefficient (Wildman–Crippen LogP) is 3.09. The number of benzene rings is 2. The molecule has 2 aromatic rings. The molecule has 2 saturated heterocycles. The van der Waals surface area contributed by atoms with Gasteiger partial charge < -0.3 is 14.6 Å². The first kappa shape index (κ1) is 15.8. The van der Waals surface area contributed by atoms with E-state index in [0.29, 0.717) is 13.2 Å². The number of aliphatic hydroxyl groups excluding tert-OH is 1. The Kier molecular flexibility index (Phi) is 3.93. The van der Waals surface area contributed by atoms with Gasteiger partial charge in [-0.2, -0.15) is 0 Å². The third-order valence-corrected chi connectivity index (χ3v) is 5.02. The van der Waals surface area contributed by atoms with E-state index in [4.69, 9.17) is 9.47 Å². The Morgan fingerprint density at radius 1 is 0.958 bits per heavy atom. The number of hydrogen-bond acceptors (Lipinski definition) is 4. The molecule has 2 aliphatic rings. The highest BCUT2D eigenvalue weighted by Gasteiger charge is 2.56. The minimum absolute atomic E-state index is 0.0254. The molecule has 0 bridgehead atoms. The molecule has 4 rings (SSSR count). The van der Waals surface area contributed by atoms with Crippen molar-refractivity contribution in [2.45, 2.75) is 31.8 Å². The van der Waals surface area contributed by atoms with Gasteiger partial charge in [0, 0.05) is 0 Å². The zero-order valence-electron chi connectivity index (χ0n) is 14.1. The van der Waals surface area contributed by atoms with Gasteiger partial charge in [-0.25, -0.2) is 4.90 Å². The van der Waals surface area contributed by atoms with Crippen LogP contribution in [0.1, 0.15) is 34.7 Å². The third kappa shape index (κ3) is 2.47. The number of aryl methyl sites for hydroxylation is 2. The molecule has 0 aromatic heterocycles. The fourth-order valence-electron chi connectivity index (χ4n) is 3.77. The molecule has 2 atom stereocenters. The van der Waals surface area contributed by atoms with Gasteiger partial charge >= 0.3 is 0 Å². The van der Waals surface area contributed by atoms with E-state index in [0.717, 1.165) is 11.1 Å². The van der Waals surface area contributed by atoms with Crippen LogP contribution in [0.5, 0.6) is 0 Å². The Morgan fingerprint density at radius 3 is 1.88 bits per heavy atom. The largest absolute Gasteiger partial charge is 0.394 e. The number of fused-ring (bicyclic) bond motifs is 1. The van der Waals surface area contributed by atoms with Gasteiger partial charge in [-0.15, -0.1) is 0 Å². The lowest BCUT2D eigenvalue weighted by atomic mass is 10.0. The molecule has 2 unspecified atom stereocenters.